The van der Waals surface area contributed by atoms with Crippen LogP contribution >= 0.6 is 0 Å². The van der Waals surface area contributed by atoms with Crippen LogP contribution in [0.15, 0.2) is 47.5 Å². The van der Waals surface area contributed by atoms with Crippen molar-refractivity contribution in [2.75, 3.05) is 13.7 Å². The summed E-state index contributed by atoms with van der Waals surface area (Å²) in [5.41, 5.74) is 0.757. The highest BCUT2D eigenvalue weighted by atomic mass is 16.5. The molecular weight excluding hydrogens is 310 g/mol. The smallest absolute Gasteiger partial charge is 0.339 e. The number of ether oxygens (including phenoxy) is 1. The summed E-state index contributed by atoms with van der Waals surface area (Å²) in [7, 11) is 1.61. The molecule has 0 saturated heterocycles. The lowest BCUT2D eigenvalue weighted by Gasteiger charge is -2.10. The van der Waals surface area contributed by atoms with E-state index in [0.717, 1.165) is 0 Å². The fraction of sp³-hybridized carbons (Fsp3) is 0.235. The summed E-state index contributed by atoms with van der Waals surface area (Å²) in [4.78, 5) is 24.2. The van der Waals surface area contributed by atoms with Crippen molar-refractivity contribution < 1.29 is 14.6 Å². The lowest BCUT2D eigenvalue weighted by molar-refractivity contribution is 0.0696. The van der Waals surface area contributed by atoms with Crippen molar-refractivity contribution in [1.29, 1.82) is 0 Å². The van der Waals surface area contributed by atoms with E-state index in [1.165, 1.54) is 10.9 Å². The number of hydrogen-bond donors (Lipinski definition) is 1. The van der Waals surface area contributed by atoms with Gasteiger partial charge in [-0.3, -0.25) is 4.79 Å². The van der Waals surface area contributed by atoms with Crippen molar-refractivity contribution in [3.63, 3.8) is 0 Å². The molecule has 0 unspecified atom stereocenters. The number of aromatic nitrogens is 3. The Morgan fingerprint density at radius 1 is 1.25 bits per heavy atom. The van der Waals surface area contributed by atoms with Gasteiger partial charge < -0.3 is 14.4 Å². The third-order valence-electron chi connectivity index (χ3n) is 3.72. The molecule has 0 fully saturated rings. The summed E-state index contributed by atoms with van der Waals surface area (Å²) in [6, 6.07) is 8.93. The number of carboxylic acids is 1. The summed E-state index contributed by atoms with van der Waals surface area (Å²) >= 11 is 0. The van der Waals surface area contributed by atoms with Crippen molar-refractivity contribution in [3.05, 3.63) is 58.6 Å². The molecule has 124 valence electrons. The number of pyridine rings is 1. The minimum atomic E-state index is -1.11. The monoisotopic (exact) mass is 327 g/mol. The van der Waals surface area contributed by atoms with Crippen LogP contribution in [0.5, 0.6) is 0 Å². The maximum absolute atomic E-state index is 12.7. The van der Waals surface area contributed by atoms with Crippen molar-refractivity contribution in [3.8, 4) is 16.9 Å². The maximum Gasteiger partial charge on any atom is 0.339 e. The minimum absolute atomic E-state index is 0.0108. The van der Waals surface area contributed by atoms with E-state index < -0.39 is 5.97 Å². The zero-order chi connectivity index (χ0) is 17.1. The van der Waals surface area contributed by atoms with Crippen molar-refractivity contribution in [2.24, 2.45) is 0 Å². The number of aromatic carboxylic acids is 1. The molecular formula is C17H17N3O4. The molecule has 7 nitrogen and oxygen atoms in total. The molecule has 2 aliphatic rings. The van der Waals surface area contributed by atoms with Crippen LogP contribution < -0.4 is 5.56 Å². The Balaban J connectivity index is 2.14. The van der Waals surface area contributed by atoms with Gasteiger partial charge in [0.1, 0.15) is 11.3 Å². The van der Waals surface area contributed by atoms with Gasteiger partial charge in [0.05, 0.1) is 11.3 Å². The number of benzene rings is 1. The maximum atomic E-state index is 12.7. The molecule has 0 spiro atoms. The standard InChI is InChI=1S/C17H17N3O4/c1-24-9-5-8-19-10-13-15(14(11-19)17(22)23)18-20(16(13)21)12-6-3-2-4-7-12/h2-4,6-7,10-11H,5,8-9H2,1H3,(H,22,23). The predicted molar refractivity (Wildman–Crippen MR) is 87.9 cm³/mol. The molecule has 1 aromatic rings. The summed E-state index contributed by atoms with van der Waals surface area (Å²) < 4.78 is 7.94. The number of nitrogens with zero attached hydrogens (tertiary/aromatic N) is 3. The molecule has 24 heavy (non-hydrogen) atoms. The summed E-state index contributed by atoms with van der Waals surface area (Å²) in [6.45, 7) is 1.11. The fourth-order valence-corrected chi connectivity index (χ4v) is 2.58. The minimum Gasteiger partial charge on any atom is -0.478 e. The number of hydrogen-bond acceptors (Lipinski definition) is 4. The molecule has 1 N–H and O–H groups in total. The molecule has 0 radical (unpaired) electrons. The van der Waals surface area contributed by atoms with Crippen LogP contribution in [0.3, 0.4) is 0 Å². The molecule has 3 rings (SSSR count). The second kappa shape index (κ2) is 6.67. The van der Waals surface area contributed by atoms with E-state index >= 15 is 0 Å². The molecule has 0 saturated carbocycles. The quantitative estimate of drug-likeness (QED) is 0.699. The Hall–Kier alpha value is -2.93. The Morgan fingerprint density at radius 2 is 2.00 bits per heavy atom. The summed E-state index contributed by atoms with van der Waals surface area (Å²) in [5, 5.41) is 13.7. The van der Waals surface area contributed by atoms with Gasteiger partial charge in [0.25, 0.3) is 5.56 Å². The molecule has 7 heteroatoms. The van der Waals surface area contributed by atoms with Crippen LogP contribution in [-0.2, 0) is 11.3 Å². The van der Waals surface area contributed by atoms with E-state index in [0.29, 0.717) is 25.3 Å². The number of methoxy groups -OCH3 is 1. The first-order chi connectivity index (χ1) is 11.6. The normalized spacial score (nSPS) is 11.0. The molecule has 0 atom stereocenters. The number of fused-ring (bicyclic) bond motifs is 1. The topological polar surface area (TPSA) is 86.3 Å². The zero-order valence-corrected chi connectivity index (χ0v) is 13.2. The lowest BCUT2D eigenvalue weighted by Crippen LogP contribution is -2.15. The first-order valence-corrected chi connectivity index (χ1v) is 7.52. The van der Waals surface area contributed by atoms with Crippen LogP contribution in [0.2, 0.25) is 0 Å². The van der Waals surface area contributed by atoms with Gasteiger partial charge in [0.2, 0.25) is 0 Å². The van der Waals surface area contributed by atoms with E-state index in [4.69, 9.17) is 4.74 Å². The van der Waals surface area contributed by atoms with Gasteiger partial charge in [-0.15, -0.1) is 0 Å². The number of carbonyl (C=O) groups is 1. The summed E-state index contributed by atoms with van der Waals surface area (Å²) in [6.07, 6.45) is 3.86. The van der Waals surface area contributed by atoms with Crippen LogP contribution in [0.25, 0.3) is 16.9 Å². The van der Waals surface area contributed by atoms with Gasteiger partial charge in [-0.1, -0.05) is 18.2 Å². The highest BCUT2D eigenvalue weighted by Crippen LogP contribution is 2.22. The molecule has 2 heterocycles. The van der Waals surface area contributed by atoms with Gasteiger partial charge in [0.15, 0.2) is 0 Å². The average molecular weight is 327 g/mol. The van der Waals surface area contributed by atoms with Gasteiger partial charge >= 0.3 is 5.97 Å². The van der Waals surface area contributed by atoms with Gasteiger partial charge in [-0.2, -0.15) is 9.78 Å². The number of rotatable bonds is 6. The van der Waals surface area contributed by atoms with Gasteiger partial charge in [0, 0.05) is 32.7 Å². The fourth-order valence-electron chi connectivity index (χ4n) is 2.58. The molecule has 0 aromatic heterocycles. The Bertz CT molecular complexity index is 883. The summed E-state index contributed by atoms with van der Waals surface area (Å²) in [5.74, 6) is -1.11. The first kappa shape index (κ1) is 15.9. The Labute approximate surface area is 138 Å². The lowest BCUT2D eigenvalue weighted by atomic mass is 10.1. The third kappa shape index (κ3) is 2.93. The van der Waals surface area contributed by atoms with E-state index in [9.17, 15) is 14.7 Å². The van der Waals surface area contributed by atoms with E-state index in [1.54, 1.807) is 42.1 Å². The molecule has 0 aliphatic carbocycles. The molecule has 0 bridgehead atoms. The number of aryl methyl sites for hydroxylation is 1. The molecule has 2 aliphatic heterocycles. The second-order valence-corrected chi connectivity index (χ2v) is 5.38. The van der Waals surface area contributed by atoms with Crippen LogP contribution in [0.4, 0.5) is 0 Å². The SMILES string of the molecule is COCCCn1cc(C(=O)O)c2nn(-c3ccccc3)c(=O)c-2c1. The third-order valence-corrected chi connectivity index (χ3v) is 3.72. The second-order valence-electron chi connectivity index (χ2n) is 5.38. The van der Waals surface area contributed by atoms with Crippen molar-refractivity contribution in [1.82, 2.24) is 14.3 Å². The van der Waals surface area contributed by atoms with Gasteiger partial charge in [-0.05, 0) is 18.6 Å². The molecule has 0 amide bonds. The predicted octanol–water partition coefficient (Wildman–Crippen LogP) is 1.87. The first-order valence-electron chi connectivity index (χ1n) is 7.52. The van der Waals surface area contributed by atoms with E-state index in [-0.39, 0.29) is 22.4 Å². The van der Waals surface area contributed by atoms with Crippen molar-refractivity contribution in [2.45, 2.75) is 13.0 Å². The number of carboxylic acid groups (broad SMARTS) is 1. The Morgan fingerprint density at radius 3 is 2.67 bits per heavy atom. The van der Waals surface area contributed by atoms with Crippen molar-refractivity contribution >= 4 is 5.97 Å². The van der Waals surface area contributed by atoms with Crippen LogP contribution in [0.1, 0.15) is 16.8 Å². The number of para-hydroxylation sites is 1. The van der Waals surface area contributed by atoms with Crippen LogP contribution in [-0.4, -0.2) is 39.1 Å². The Kier molecular flexibility index (Phi) is 4.43. The highest BCUT2D eigenvalue weighted by molar-refractivity contribution is 5.94. The largest absolute Gasteiger partial charge is 0.478 e. The van der Waals surface area contributed by atoms with E-state index in [1.807, 2.05) is 6.07 Å². The average Bonchev–Trinajstić information content (AvgIpc) is 2.92. The highest BCUT2D eigenvalue weighted by Gasteiger charge is 2.23. The van der Waals surface area contributed by atoms with E-state index in [2.05, 4.69) is 5.10 Å². The van der Waals surface area contributed by atoms with Gasteiger partial charge in [-0.25, -0.2) is 4.79 Å². The zero-order valence-electron chi connectivity index (χ0n) is 13.2. The molecule has 1 aromatic carbocycles. The van der Waals surface area contributed by atoms with Crippen LogP contribution in [0, 0.1) is 0 Å².